The van der Waals surface area contributed by atoms with Gasteiger partial charge in [0.05, 0.1) is 23.6 Å². The van der Waals surface area contributed by atoms with E-state index in [9.17, 15) is 4.79 Å². The predicted octanol–water partition coefficient (Wildman–Crippen LogP) is 5.49. The molecule has 1 aliphatic rings. The maximum absolute atomic E-state index is 12.8. The third-order valence-electron chi connectivity index (χ3n) is 6.31. The molecule has 1 unspecified atom stereocenters. The van der Waals surface area contributed by atoms with Gasteiger partial charge < -0.3 is 14.6 Å². The molecule has 0 radical (unpaired) electrons. The van der Waals surface area contributed by atoms with Crippen molar-refractivity contribution in [1.29, 1.82) is 0 Å². The largest absolute Gasteiger partial charge is 0.491 e. The summed E-state index contributed by atoms with van der Waals surface area (Å²) >= 11 is 0. The van der Waals surface area contributed by atoms with Gasteiger partial charge in [-0.3, -0.25) is 4.79 Å². The number of amides is 1. The lowest BCUT2D eigenvalue weighted by Crippen LogP contribution is -2.35. The number of hydrogen-bond donors (Lipinski definition) is 1. The number of imidazole rings is 1. The Morgan fingerprint density at radius 3 is 2.71 bits per heavy atom. The van der Waals surface area contributed by atoms with Crippen molar-refractivity contribution < 1.29 is 9.53 Å². The van der Waals surface area contributed by atoms with Gasteiger partial charge in [0, 0.05) is 5.92 Å². The molecule has 0 bridgehead atoms. The Kier molecular flexibility index (Phi) is 6.59. The van der Waals surface area contributed by atoms with Gasteiger partial charge in [-0.2, -0.15) is 0 Å². The minimum Gasteiger partial charge on any atom is -0.491 e. The molecule has 1 atom stereocenters. The average molecular weight is 420 g/mol. The topological polar surface area (TPSA) is 56.1 Å². The molecule has 0 spiro atoms. The fourth-order valence-electron chi connectivity index (χ4n) is 4.63. The molecular formula is C26H33N3O2. The van der Waals surface area contributed by atoms with Crippen molar-refractivity contribution in [3.05, 3.63) is 59.4 Å². The van der Waals surface area contributed by atoms with Gasteiger partial charge in [0.25, 0.3) is 0 Å². The highest BCUT2D eigenvalue weighted by Crippen LogP contribution is 2.26. The van der Waals surface area contributed by atoms with Crippen molar-refractivity contribution in [2.45, 2.75) is 65.5 Å². The smallest absolute Gasteiger partial charge is 0.223 e. The van der Waals surface area contributed by atoms with Crippen molar-refractivity contribution >= 4 is 16.9 Å². The molecule has 1 heterocycles. The Hall–Kier alpha value is -2.82. The number of carbonyl (C=O) groups excluding carboxylic acids is 1. The number of rotatable bonds is 7. The first-order chi connectivity index (χ1) is 15.0. The molecule has 0 saturated heterocycles. The van der Waals surface area contributed by atoms with Crippen LogP contribution in [0.3, 0.4) is 0 Å². The van der Waals surface area contributed by atoms with Gasteiger partial charge in [-0.25, -0.2) is 4.98 Å². The lowest BCUT2D eigenvalue weighted by Gasteiger charge is -2.23. The fourth-order valence-corrected chi connectivity index (χ4v) is 4.63. The molecule has 1 amide bonds. The maximum Gasteiger partial charge on any atom is 0.223 e. The Bertz CT molecular complexity index is 1050. The van der Waals surface area contributed by atoms with Crippen LogP contribution in [0.2, 0.25) is 0 Å². The predicted molar refractivity (Wildman–Crippen MR) is 124 cm³/mol. The second kappa shape index (κ2) is 9.54. The SMILES string of the molecule is Cc1ccc(OCCn2c(C(C)NC(=O)C3CCCCC3)nc3ccccc32)c(C)c1. The molecule has 1 fully saturated rings. The van der Waals surface area contributed by atoms with Gasteiger partial charge in [-0.1, -0.05) is 49.1 Å². The third-order valence-corrected chi connectivity index (χ3v) is 6.31. The van der Waals surface area contributed by atoms with E-state index in [2.05, 4.69) is 41.9 Å². The first-order valence-electron chi connectivity index (χ1n) is 11.5. The molecule has 0 aliphatic heterocycles. The molecule has 5 nitrogen and oxygen atoms in total. The summed E-state index contributed by atoms with van der Waals surface area (Å²) in [6.07, 6.45) is 5.55. The van der Waals surface area contributed by atoms with Crippen LogP contribution in [0.1, 0.15) is 62.0 Å². The average Bonchev–Trinajstić information content (AvgIpc) is 3.15. The summed E-state index contributed by atoms with van der Waals surface area (Å²) in [4.78, 5) is 17.7. The Balaban J connectivity index is 1.50. The summed E-state index contributed by atoms with van der Waals surface area (Å²) in [5.41, 5.74) is 4.39. The quantitative estimate of drug-likeness (QED) is 0.551. The van der Waals surface area contributed by atoms with Crippen LogP contribution in [0.5, 0.6) is 5.75 Å². The van der Waals surface area contributed by atoms with Gasteiger partial charge in [0.15, 0.2) is 0 Å². The summed E-state index contributed by atoms with van der Waals surface area (Å²) in [5, 5.41) is 3.23. The van der Waals surface area contributed by atoms with Crippen LogP contribution < -0.4 is 10.1 Å². The molecule has 164 valence electrons. The number of aromatic nitrogens is 2. The van der Waals surface area contributed by atoms with Gasteiger partial charge in [-0.05, 0) is 57.4 Å². The summed E-state index contributed by atoms with van der Waals surface area (Å²) in [6, 6.07) is 14.2. The lowest BCUT2D eigenvalue weighted by atomic mass is 9.88. The van der Waals surface area contributed by atoms with Crippen molar-refractivity contribution in [2.75, 3.05) is 6.61 Å². The molecule has 1 N–H and O–H groups in total. The monoisotopic (exact) mass is 419 g/mol. The van der Waals surface area contributed by atoms with Crippen molar-refractivity contribution in [2.24, 2.45) is 5.92 Å². The third kappa shape index (κ3) is 4.92. The van der Waals surface area contributed by atoms with E-state index in [0.717, 1.165) is 53.9 Å². The van der Waals surface area contributed by atoms with Crippen molar-refractivity contribution in [1.82, 2.24) is 14.9 Å². The van der Waals surface area contributed by atoms with Gasteiger partial charge in [0.2, 0.25) is 5.91 Å². The summed E-state index contributed by atoms with van der Waals surface area (Å²) in [6.45, 7) is 7.41. The number of nitrogens with zero attached hydrogens (tertiary/aromatic N) is 2. The Morgan fingerprint density at radius 1 is 1.16 bits per heavy atom. The van der Waals surface area contributed by atoms with Crippen LogP contribution in [0.15, 0.2) is 42.5 Å². The van der Waals surface area contributed by atoms with Crippen LogP contribution in [0.25, 0.3) is 11.0 Å². The molecular weight excluding hydrogens is 386 g/mol. The number of aryl methyl sites for hydroxylation is 2. The molecule has 1 aromatic heterocycles. The molecule has 31 heavy (non-hydrogen) atoms. The molecule has 5 heteroatoms. The molecule has 2 aromatic carbocycles. The van der Waals surface area contributed by atoms with Crippen LogP contribution in [0, 0.1) is 19.8 Å². The minimum absolute atomic E-state index is 0.141. The van der Waals surface area contributed by atoms with Crippen LogP contribution in [0.4, 0.5) is 0 Å². The number of hydrogen-bond acceptors (Lipinski definition) is 3. The molecule has 4 rings (SSSR count). The van der Waals surface area contributed by atoms with E-state index in [1.54, 1.807) is 0 Å². The minimum atomic E-state index is -0.150. The Morgan fingerprint density at radius 2 is 1.94 bits per heavy atom. The van der Waals surface area contributed by atoms with Crippen LogP contribution >= 0.6 is 0 Å². The van der Waals surface area contributed by atoms with Crippen LogP contribution in [-0.4, -0.2) is 22.1 Å². The summed E-state index contributed by atoms with van der Waals surface area (Å²) < 4.78 is 8.27. The van der Waals surface area contributed by atoms with Crippen molar-refractivity contribution in [3.8, 4) is 5.75 Å². The number of nitrogens with one attached hydrogen (secondary N) is 1. The first kappa shape index (κ1) is 21.4. The molecule has 1 saturated carbocycles. The standard InChI is InChI=1S/C26H33N3O2/c1-18-13-14-24(19(2)17-18)31-16-15-29-23-12-8-7-11-22(23)28-25(29)20(3)27-26(30)21-9-5-4-6-10-21/h7-8,11-14,17,20-21H,4-6,9-10,15-16H2,1-3H3,(H,27,30). The second-order valence-corrected chi connectivity index (χ2v) is 8.79. The van der Waals surface area contributed by atoms with E-state index < -0.39 is 0 Å². The Labute approximate surface area is 184 Å². The van der Waals surface area contributed by atoms with E-state index in [4.69, 9.17) is 9.72 Å². The highest BCUT2D eigenvalue weighted by atomic mass is 16.5. The zero-order chi connectivity index (χ0) is 21.8. The summed E-state index contributed by atoms with van der Waals surface area (Å²) in [7, 11) is 0. The molecule has 1 aliphatic carbocycles. The highest BCUT2D eigenvalue weighted by molar-refractivity contribution is 5.80. The zero-order valence-corrected chi connectivity index (χ0v) is 18.9. The zero-order valence-electron chi connectivity index (χ0n) is 18.9. The maximum atomic E-state index is 12.8. The van der Waals surface area contributed by atoms with Crippen LogP contribution in [-0.2, 0) is 11.3 Å². The van der Waals surface area contributed by atoms with E-state index in [-0.39, 0.29) is 17.9 Å². The normalized spacial score (nSPS) is 15.7. The second-order valence-electron chi connectivity index (χ2n) is 8.79. The van der Waals surface area contributed by atoms with Crippen molar-refractivity contribution in [3.63, 3.8) is 0 Å². The number of para-hydroxylation sites is 2. The van der Waals surface area contributed by atoms with E-state index in [1.165, 1.54) is 12.0 Å². The first-order valence-corrected chi connectivity index (χ1v) is 11.5. The van der Waals surface area contributed by atoms with Gasteiger partial charge in [-0.15, -0.1) is 0 Å². The summed E-state index contributed by atoms with van der Waals surface area (Å²) in [5.74, 6) is 2.10. The number of ether oxygens (including phenoxy) is 1. The van der Waals surface area contributed by atoms with E-state index >= 15 is 0 Å². The molecule has 3 aromatic rings. The number of fused-ring (bicyclic) bond motifs is 1. The van der Waals surface area contributed by atoms with E-state index in [0.29, 0.717) is 13.2 Å². The number of carbonyl (C=O) groups is 1. The highest BCUT2D eigenvalue weighted by Gasteiger charge is 2.24. The fraction of sp³-hybridized carbons (Fsp3) is 0.462. The number of benzene rings is 2. The van der Waals surface area contributed by atoms with Gasteiger partial charge >= 0.3 is 0 Å². The lowest BCUT2D eigenvalue weighted by molar-refractivity contribution is -0.126. The van der Waals surface area contributed by atoms with Gasteiger partial charge in [0.1, 0.15) is 18.2 Å². The van der Waals surface area contributed by atoms with E-state index in [1.807, 2.05) is 31.2 Å².